The maximum absolute atomic E-state index is 11.4. The van der Waals surface area contributed by atoms with E-state index in [4.69, 9.17) is 16.2 Å². The predicted molar refractivity (Wildman–Crippen MR) is 56.1 cm³/mol. The summed E-state index contributed by atoms with van der Waals surface area (Å²) in [5.74, 6) is -1.81. The van der Waals surface area contributed by atoms with Crippen molar-refractivity contribution < 1.29 is 19.1 Å². The third-order valence-corrected chi connectivity index (χ3v) is 1.89. The first-order valence-electron chi connectivity index (χ1n) is 4.85. The van der Waals surface area contributed by atoms with Gasteiger partial charge in [-0.3, -0.25) is 19.3 Å². The molecular formula is C9H17N3O4. The summed E-state index contributed by atoms with van der Waals surface area (Å²) in [7, 11) is 0. The van der Waals surface area contributed by atoms with Gasteiger partial charge in [0.1, 0.15) is 6.04 Å². The van der Waals surface area contributed by atoms with Crippen LogP contribution in [0.2, 0.25) is 0 Å². The van der Waals surface area contributed by atoms with Crippen molar-refractivity contribution in [1.82, 2.24) is 4.90 Å². The van der Waals surface area contributed by atoms with Crippen molar-refractivity contribution in [3.05, 3.63) is 0 Å². The molecule has 0 heterocycles. The molecule has 1 atom stereocenters. The molecule has 0 spiro atoms. The number of rotatable bonds is 7. The van der Waals surface area contributed by atoms with Gasteiger partial charge in [-0.05, 0) is 13.8 Å². The molecule has 7 nitrogen and oxygen atoms in total. The van der Waals surface area contributed by atoms with E-state index in [0.29, 0.717) is 0 Å². The minimum atomic E-state index is -0.736. The Morgan fingerprint density at radius 1 is 1.19 bits per heavy atom. The van der Waals surface area contributed by atoms with Crippen LogP contribution in [-0.4, -0.2) is 48.4 Å². The molecule has 1 unspecified atom stereocenters. The van der Waals surface area contributed by atoms with E-state index in [1.807, 2.05) is 0 Å². The van der Waals surface area contributed by atoms with Crippen LogP contribution >= 0.6 is 0 Å². The van der Waals surface area contributed by atoms with Crippen molar-refractivity contribution in [2.24, 2.45) is 11.5 Å². The molecule has 2 amide bonds. The number of primary amides is 2. The van der Waals surface area contributed by atoms with E-state index in [-0.39, 0.29) is 19.7 Å². The Balaban J connectivity index is 4.53. The minimum absolute atomic E-state index is 0.219. The number of hydrogen-bond acceptors (Lipinski definition) is 5. The fraction of sp³-hybridized carbons (Fsp3) is 0.667. The summed E-state index contributed by atoms with van der Waals surface area (Å²) in [5, 5.41) is 0. The maximum Gasteiger partial charge on any atom is 0.323 e. The van der Waals surface area contributed by atoms with Crippen molar-refractivity contribution in [3.63, 3.8) is 0 Å². The Bertz CT molecular complexity index is 264. The van der Waals surface area contributed by atoms with Gasteiger partial charge >= 0.3 is 5.97 Å². The number of ether oxygens (including phenoxy) is 1. The highest BCUT2D eigenvalue weighted by Crippen LogP contribution is 2.00. The van der Waals surface area contributed by atoms with Crippen LogP contribution in [0.15, 0.2) is 0 Å². The lowest BCUT2D eigenvalue weighted by Crippen LogP contribution is -2.48. The number of esters is 1. The van der Waals surface area contributed by atoms with Gasteiger partial charge in [0.15, 0.2) is 0 Å². The Kier molecular flexibility index (Phi) is 6.09. The summed E-state index contributed by atoms with van der Waals surface area (Å²) >= 11 is 0. The van der Waals surface area contributed by atoms with Crippen LogP contribution < -0.4 is 11.5 Å². The molecule has 0 aliphatic carbocycles. The first-order chi connectivity index (χ1) is 7.38. The second-order valence-electron chi connectivity index (χ2n) is 3.27. The van der Waals surface area contributed by atoms with Crippen LogP contribution in [0.5, 0.6) is 0 Å². The van der Waals surface area contributed by atoms with E-state index in [1.165, 1.54) is 11.8 Å². The zero-order chi connectivity index (χ0) is 12.7. The van der Waals surface area contributed by atoms with Crippen LogP contribution in [-0.2, 0) is 19.1 Å². The molecule has 0 bridgehead atoms. The van der Waals surface area contributed by atoms with Gasteiger partial charge in [0, 0.05) is 0 Å². The average Bonchev–Trinajstić information content (AvgIpc) is 2.14. The number of carbonyl (C=O) groups is 3. The number of nitrogens with zero attached hydrogens (tertiary/aromatic N) is 1. The molecule has 0 aromatic carbocycles. The lowest BCUT2D eigenvalue weighted by molar-refractivity contribution is -0.149. The largest absolute Gasteiger partial charge is 0.465 e. The van der Waals surface area contributed by atoms with E-state index in [9.17, 15) is 14.4 Å². The molecule has 0 aromatic heterocycles. The van der Waals surface area contributed by atoms with Gasteiger partial charge in [-0.1, -0.05) is 0 Å². The fourth-order valence-corrected chi connectivity index (χ4v) is 1.14. The average molecular weight is 231 g/mol. The van der Waals surface area contributed by atoms with E-state index >= 15 is 0 Å². The van der Waals surface area contributed by atoms with Crippen LogP contribution in [0.25, 0.3) is 0 Å². The Hall–Kier alpha value is -1.63. The fourth-order valence-electron chi connectivity index (χ4n) is 1.14. The van der Waals surface area contributed by atoms with Crippen molar-refractivity contribution in [2.75, 3.05) is 19.7 Å². The second kappa shape index (κ2) is 6.78. The molecular weight excluding hydrogens is 214 g/mol. The molecule has 16 heavy (non-hydrogen) atoms. The van der Waals surface area contributed by atoms with Gasteiger partial charge in [0.05, 0.1) is 19.7 Å². The summed E-state index contributed by atoms with van der Waals surface area (Å²) in [4.78, 5) is 34.2. The molecule has 4 N–H and O–H groups in total. The van der Waals surface area contributed by atoms with Crippen molar-refractivity contribution >= 4 is 17.8 Å². The zero-order valence-corrected chi connectivity index (χ0v) is 9.43. The quantitative estimate of drug-likeness (QED) is 0.502. The number of carbonyl (C=O) groups excluding carboxylic acids is 3. The van der Waals surface area contributed by atoms with E-state index in [1.54, 1.807) is 6.92 Å². The van der Waals surface area contributed by atoms with E-state index in [2.05, 4.69) is 0 Å². The topological polar surface area (TPSA) is 116 Å². The molecule has 0 aliphatic rings. The van der Waals surface area contributed by atoms with Crippen molar-refractivity contribution in [1.29, 1.82) is 0 Å². The molecule has 0 fully saturated rings. The van der Waals surface area contributed by atoms with E-state index in [0.717, 1.165) is 0 Å². The normalized spacial score (nSPS) is 12.2. The molecule has 7 heteroatoms. The smallest absolute Gasteiger partial charge is 0.323 e. The third-order valence-electron chi connectivity index (χ3n) is 1.89. The summed E-state index contributed by atoms with van der Waals surface area (Å²) in [6, 6.07) is -0.736. The number of hydrogen-bond donors (Lipinski definition) is 2. The lowest BCUT2D eigenvalue weighted by atomic mass is 10.2. The van der Waals surface area contributed by atoms with Gasteiger partial charge in [-0.15, -0.1) is 0 Å². The van der Waals surface area contributed by atoms with Gasteiger partial charge in [0.25, 0.3) is 0 Å². The monoisotopic (exact) mass is 231 g/mol. The Morgan fingerprint density at radius 3 is 1.94 bits per heavy atom. The Labute approximate surface area is 93.7 Å². The standard InChI is InChI=1S/C9H17N3O4/c1-3-16-9(15)6(2)12(4-7(10)13)5-8(11)14/h6H,3-5H2,1-2H3,(H2,10,13)(H2,11,14). The SMILES string of the molecule is CCOC(=O)C(C)N(CC(N)=O)CC(N)=O. The number of nitrogens with two attached hydrogens (primary N) is 2. The molecule has 0 radical (unpaired) electrons. The van der Waals surface area contributed by atoms with Crippen LogP contribution in [0, 0.1) is 0 Å². The molecule has 0 saturated carbocycles. The van der Waals surface area contributed by atoms with Gasteiger partial charge < -0.3 is 16.2 Å². The van der Waals surface area contributed by atoms with Gasteiger partial charge in [-0.2, -0.15) is 0 Å². The third kappa shape index (κ3) is 5.30. The van der Waals surface area contributed by atoms with Crippen LogP contribution in [0.4, 0.5) is 0 Å². The summed E-state index contributed by atoms with van der Waals surface area (Å²) in [5.41, 5.74) is 9.99. The van der Waals surface area contributed by atoms with Crippen LogP contribution in [0.3, 0.4) is 0 Å². The highest BCUT2D eigenvalue weighted by Gasteiger charge is 2.24. The summed E-state index contributed by atoms with van der Waals surface area (Å²) < 4.78 is 4.76. The van der Waals surface area contributed by atoms with Crippen LogP contribution in [0.1, 0.15) is 13.8 Å². The second-order valence-corrected chi connectivity index (χ2v) is 3.27. The molecule has 0 saturated heterocycles. The molecule has 0 rings (SSSR count). The highest BCUT2D eigenvalue weighted by atomic mass is 16.5. The Morgan fingerprint density at radius 2 is 1.62 bits per heavy atom. The molecule has 0 aliphatic heterocycles. The van der Waals surface area contributed by atoms with E-state index < -0.39 is 23.8 Å². The van der Waals surface area contributed by atoms with Gasteiger partial charge in [0.2, 0.25) is 11.8 Å². The van der Waals surface area contributed by atoms with Gasteiger partial charge in [-0.25, -0.2) is 0 Å². The maximum atomic E-state index is 11.4. The summed E-state index contributed by atoms with van der Waals surface area (Å²) in [6.45, 7) is 2.97. The predicted octanol–water partition coefficient (Wildman–Crippen LogP) is -1.79. The van der Waals surface area contributed by atoms with Crippen molar-refractivity contribution in [3.8, 4) is 0 Å². The van der Waals surface area contributed by atoms with Crippen molar-refractivity contribution in [2.45, 2.75) is 19.9 Å². The number of amides is 2. The zero-order valence-electron chi connectivity index (χ0n) is 9.43. The molecule has 0 aromatic rings. The summed E-state index contributed by atoms with van der Waals surface area (Å²) in [6.07, 6.45) is 0. The highest BCUT2D eigenvalue weighted by molar-refractivity contribution is 5.82. The first kappa shape index (κ1) is 14.4. The lowest BCUT2D eigenvalue weighted by Gasteiger charge is -2.24. The first-order valence-corrected chi connectivity index (χ1v) is 4.85. The minimum Gasteiger partial charge on any atom is -0.465 e. The molecule has 92 valence electrons.